The summed E-state index contributed by atoms with van der Waals surface area (Å²) in [6, 6.07) is 6.33. The Bertz CT molecular complexity index is 471. The second kappa shape index (κ2) is 3.85. The zero-order valence-corrected chi connectivity index (χ0v) is 9.33. The topological polar surface area (TPSA) is 41.6 Å². The molecular formula is C12H15N3. The predicted molar refractivity (Wildman–Crippen MR) is 60.7 cm³/mol. The highest BCUT2D eigenvalue weighted by atomic mass is 15.2. The van der Waals surface area contributed by atoms with E-state index in [1.807, 2.05) is 0 Å². The third-order valence-electron chi connectivity index (χ3n) is 2.50. The van der Waals surface area contributed by atoms with E-state index in [0.29, 0.717) is 0 Å². The molecule has 0 radical (unpaired) electrons. The highest BCUT2D eigenvalue weighted by molar-refractivity contribution is 5.60. The molecule has 2 rings (SSSR count). The van der Waals surface area contributed by atoms with Crippen LogP contribution in [0.1, 0.15) is 23.9 Å². The zero-order chi connectivity index (χ0) is 10.8. The number of benzene rings is 1. The summed E-state index contributed by atoms with van der Waals surface area (Å²) < 4.78 is 0. The maximum atomic E-state index is 4.43. The minimum Gasteiger partial charge on any atom is -0.263 e. The molecule has 15 heavy (non-hydrogen) atoms. The van der Waals surface area contributed by atoms with Crippen LogP contribution >= 0.6 is 0 Å². The third kappa shape index (κ3) is 1.91. The van der Waals surface area contributed by atoms with E-state index in [1.165, 1.54) is 11.1 Å². The van der Waals surface area contributed by atoms with Gasteiger partial charge in [-0.3, -0.25) is 5.10 Å². The van der Waals surface area contributed by atoms with E-state index in [2.05, 4.69) is 54.2 Å². The second-order valence-electron chi connectivity index (χ2n) is 3.78. The van der Waals surface area contributed by atoms with E-state index in [-0.39, 0.29) is 0 Å². The van der Waals surface area contributed by atoms with Crippen LogP contribution in [0.3, 0.4) is 0 Å². The highest BCUT2D eigenvalue weighted by Crippen LogP contribution is 2.20. The molecule has 0 amide bonds. The van der Waals surface area contributed by atoms with Crippen molar-refractivity contribution < 1.29 is 0 Å². The fraction of sp³-hybridized carbons (Fsp3) is 0.333. The monoisotopic (exact) mass is 201 g/mol. The lowest BCUT2D eigenvalue weighted by atomic mass is 10.1. The molecule has 1 N–H and O–H groups in total. The van der Waals surface area contributed by atoms with Crippen molar-refractivity contribution in [2.75, 3.05) is 0 Å². The fourth-order valence-corrected chi connectivity index (χ4v) is 1.55. The van der Waals surface area contributed by atoms with E-state index < -0.39 is 0 Å². The molecule has 3 nitrogen and oxygen atoms in total. The molecule has 0 atom stereocenters. The number of rotatable bonds is 2. The van der Waals surface area contributed by atoms with Gasteiger partial charge in [0, 0.05) is 12.0 Å². The Morgan fingerprint density at radius 2 is 2.07 bits per heavy atom. The number of nitrogens with one attached hydrogen (secondary N) is 1. The first-order valence-electron chi connectivity index (χ1n) is 5.19. The SMILES string of the molecule is CCc1nc(-c2cc(C)ccc2C)n[nH]1. The standard InChI is InChI=1S/C12H15N3/c1-4-11-13-12(15-14-11)10-7-8(2)5-6-9(10)3/h5-7H,4H2,1-3H3,(H,13,14,15). The molecule has 0 aliphatic rings. The van der Waals surface area contributed by atoms with Gasteiger partial charge in [0.05, 0.1) is 0 Å². The van der Waals surface area contributed by atoms with Gasteiger partial charge in [-0.1, -0.05) is 24.6 Å². The van der Waals surface area contributed by atoms with Gasteiger partial charge in [0.15, 0.2) is 5.82 Å². The maximum absolute atomic E-state index is 4.43. The van der Waals surface area contributed by atoms with Crippen molar-refractivity contribution in [1.82, 2.24) is 15.2 Å². The van der Waals surface area contributed by atoms with Gasteiger partial charge in [0.1, 0.15) is 5.82 Å². The molecule has 3 heteroatoms. The summed E-state index contributed by atoms with van der Waals surface area (Å²) in [7, 11) is 0. The van der Waals surface area contributed by atoms with Crippen molar-refractivity contribution in [3.8, 4) is 11.4 Å². The van der Waals surface area contributed by atoms with Crippen molar-refractivity contribution in [2.45, 2.75) is 27.2 Å². The number of aromatic amines is 1. The minimum atomic E-state index is 0.799. The largest absolute Gasteiger partial charge is 0.263 e. The third-order valence-corrected chi connectivity index (χ3v) is 2.50. The highest BCUT2D eigenvalue weighted by Gasteiger charge is 2.07. The smallest absolute Gasteiger partial charge is 0.181 e. The maximum Gasteiger partial charge on any atom is 0.181 e. The van der Waals surface area contributed by atoms with Gasteiger partial charge in [-0.25, -0.2) is 4.98 Å². The zero-order valence-electron chi connectivity index (χ0n) is 9.33. The molecule has 2 aromatic rings. The Hall–Kier alpha value is -1.64. The summed E-state index contributed by atoms with van der Waals surface area (Å²) >= 11 is 0. The summed E-state index contributed by atoms with van der Waals surface area (Å²) in [6.45, 7) is 6.22. The molecule has 0 spiro atoms. The first kappa shape index (κ1) is 9.90. The van der Waals surface area contributed by atoms with Crippen LogP contribution in [0.2, 0.25) is 0 Å². The lowest BCUT2D eigenvalue weighted by Gasteiger charge is -2.02. The van der Waals surface area contributed by atoms with E-state index >= 15 is 0 Å². The van der Waals surface area contributed by atoms with E-state index in [0.717, 1.165) is 23.6 Å². The molecule has 0 bridgehead atoms. The van der Waals surface area contributed by atoms with Crippen molar-refractivity contribution in [3.63, 3.8) is 0 Å². The predicted octanol–water partition coefficient (Wildman–Crippen LogP) is 2.65. The van der Waals surface area contributed by atoms with E-state index in [1.54, 1.807) is 0 Å². The summed E-state index contributed by atoms with van der Waals surface area (Å²) in [5.74, 6) is 1.74. The average Bonchev–Trinajstić information content (AvgIpc) is 2.70. The number of hydrogen-bond acceptors (Lipinski definition) is 2. The Morgan fingerprint density at radius 3 is 2.73 bits per heavy atom. The van der Waals surface area contributed by atoms with Gasteiger partial charge < -0.3 is 0 Å². The van der Waals surface area contributed by atoms with Crippen LogP contribution in [0.15, 0.2) is 18.2 Å². The fourth-order valence-electron chi connectivity index (χ4n) is 1.55. The molecule has 1 heterocycles. The van der Waals surface area contributed by atoms with Crippen LogP contribution in [0, 0.1) is 13.8 Å². The molecule has 78 valence electrons. The first-order valence-corrected chi connectivity index (χ1v) is 5.19. The second-order valence-corrected chi connectivity index (χ2v) is 3.78. The van der Waals surface area contributed by atoms with Gasteiger partial charge in [0.2, 0.25) is 0 Å². The lowest BCUT2D eigenvalue weighted by molar-refractivity contribution is 0.946. The molecular weight excluding hydrogens is 186 g/mol. The molecule has 0 saturated carbocycles. The summed E-state index contributed by atoms with van der Waals surface area (Å²) in [5.41, 5.74) is 3.56. The lowest BCUT2D eigenvalue weighted by Crippen LogP contribution is -1.87. The Labute approximate surface area is 89.6 Å². The number of nitrogens with zero attached hydrogens (tertiary/aromatic N) is 2. The molecule has 1 aromatic heterocycles. The average molecular weight is 201 g/mol. The van der Waals surface area contributed by atoms with Crippen molar-refractivity contribution in [1.29, 1.82) is 0 Å². The van der Waals surface area contributed by atoms with Crippen molar-refractivity contribution in [2.24, 2.45) is 0 Å². The van der Waals surface area contributed by atoms with Gasteiger partial charge in [0.25, 0.3) is 0 Å². The van der Waals surface area contributed by atoms with Gasteiger partial charge >= 0.3 is 0 Å². The van der Waals surface area contributed by atoms with Crippen LogP contribution in [0.25, 0.3) is 11.4 Å². The van der Waals surface area contributed by atoms with Crippen LogP contribution in [-0.2, 0) is 6.42 Å². The number of hydrogen-bond donors (Lipinski definition) is 1. The molecule has 0 aliphatic heterocycles. The molecule has 0 aliphatic carbocycles. The molecule has 0 fully saturated rings. The Kier molecular flexibility index (Phi) is 2.54. The van der Waals surface area contributed by atoms with E-state index in [9.17, 15) is 0 Å². The van der Waals surface area contributed by atoms with Crippen LogP contribution < -0.4 is 0 Å². The van der Waals surface area contributed by atoms with Crippen molar-refractivity contribution in [3.05, 3.63) is 35.2 Å². The molecule has 0 unspecified atom stereocenters. The van der Waals surface area contributed by atoms with Crippen LogP contribution in [-0.4, -0.2) is 15.2 Å². The Balaban J connectivity index is 2.48. The van der Waals surface area contributed by atoms with Gasteiger partial charge in [-0.15, -0.1) is 0 Å². The quantitative estimate of drug-likeness (QED) is 0.811. The Morgan fingerprint density at radius 1 is 1.27 bits per heavy atom. The van der Waals surface area contributed by atoms with Crippen LogP contribution in [0.4, 0.5) is 0 Å². The van der Waals surface area contributed by atoms with Crippen LogP contribution in [0.5, 0.6) is 0 Å². The summed E-state index contributed by atoms with van der Waals surface area (Å²) in [4.78, 5) is 4.43. The normalized spacial score (nSPS) is 10.6. The first-order chi connectivity index (χ1) is 7.20. The number of H-pyrrole nitrogens is 1. The minimum absolute atomic E-state index is 0.799. The number of aryl methyl sites for hydroxylation is 3. The molecule has 0 saturated heterocycles. The van der Waals surface area contributed by atoms with E-state index in [4.69, 9.17) is 0 Å². The molecule has 1 aromatic carbocycles. The number of aromatic nitrogens is 3. The van der Waals surface area contributed by atoms with Gasteiger partial charge in [-0.2, -0.15) is 5.10 Å². The van der Waals surface area contributed by atoms with Gasteiger partial charge in [-0.05, 0) is 25.5 Å². The summed E-state index contributed by atoms with van der Waals surface area (Å²) in [5, 5.41) is 7.16. The summed E-state index contributed by atoms with van der Waals surface area (Å²) in [6.07, 6.45) is 0.887. The van der Waals surface area contributed by atoms with Crippen molar-refractivity contribution >= 4 is 0 Å².